The molecule has 1 amide bonds. The van der Waals surface area contributed by atoms with Crippen LogP contribution in [0.2, 0.25) is 0 Å². The Morgan fingerprint density at radius 3 is 2.52 bits per heavy atom. The lowest BCUT2D eigenvalue weighted by atomic mass is 10.1. The molecule has 2 N–H and O–H groups in total. The number of sulfonamides is 1. The van der Waals surface area contributed by atoms with Crippen LogP contribution in [-0.2, 0) is 21.2 Å². The van der Waals surface area contributed by atoms with E-state index >= 15 is 0 Å². The molecule has 1 fully saturated rings. The second-order valence-electron chi connectivity index (χ2n) is 7.50. The average molecular weight is 447 g/mol. The highest BCUT2D eigenvalue weighted by atomic mass is 32.2. The molecule has 1 atom stereocenters. The largest absolute Gasteiger partial charge is 0.486 e. The van der Waals surface area contributed by atoms with Gasteiger partial charge in [-0.05, 0) is 61.2 Å². The Morgan fingerprint density at radius 1 is 1.00 bits per heavy atom. The molecule has 1 unspecified atom stereocenters. The van der Waals surface area contributed by atoms with Crippen molar-refractivity contribution in [3.63, 3.8) is 0 Å². The van der Waals surface area contributed by atoms with Crippen LogP contribution in [-0.4, -0.2) is 53.3 Å². The summed E-state index contributed by atoms with van der Waals surface area (Å²) in [6.45, 7) is 2.45. The van der Waals surface area contributed by atoms with Gasteiger partial charge in [-0.2, -0.15) is 0 Å². The summed E-state index contributed by atoms with van der Waals surface area (Å²) in [4.78, 5) is 12.5. The highest BCUT2D eigenvalue weighted by Crippen LogP contribution is 2.30. The zero-order valence-corrected chi connectivity index (χ0v) is 17.9. The molecule has 9 heteroatoms. The first kappa shape index (κ1) is 21.6. The summed E-state index contributed by atoms with van der Waals surface area (Å²) in [5, 5.41) is 2.86. The molecule has 31 heavy (non-hydrogen) atoms. The van der Waals surface area contributed by atoms with Gasteiger partial charge in [0.1, 0.15) is 13.2 Å². The molecule has 1 saturated heterocycles. The average Bonchev–Trinajstić information content (AvgIpc) is 3.32. The first-order valence-electron chi connectivity index (χ1n) is 10.4. The molecule has 0 radical (unpaired) electrons. The predicted octanol–water partition coefficient (Wildman–Crippen LogP) is 1.89. The van der Waals surface area contributed by atoms with Gasteiger partial charge in [0.15, 0.2) is 11.5 Å². The number of hydrogen-bond acceptors (Lipinski definition) is 6. The predicted molar refractivity (Wildman–Crippen MR) is 114 cm³/mol. The van der Waals surface area contributed by atoms with Gasteiger partial charge in [0.2, 0.25) is 10.0 Å². The highest BCUT2D eigenvalue weighted by Gasteiger charge is 2.20. The molecule has 0 aromatic heterocycles. The van der Waals surface area contributed by atoms with E-state index in [1.54, 1.807) is 0 Å². The van der Waals surface area contributed by atoms with Gasteiger partial charge < -0.3 is 19.5 Å². The van der Waals surface area contributed by atoms with Crippen molar-refractivity contribution in [3.8, 4) is 11.5 Å². The first-order chi connectivity index (χ1) is 15.0. The maximum absolute atomic E-state index is 12.4. The van der Waals surface area contributed by atoms with Crippen molar-refractivity contribution in [2.24, 2.45) is 0 Å². The van der Waals surface area contributed by atoms with Gasteiger partial charge in [-0.15, -0.1) is 0 Å². The Hall–Kier alpha value is -2.62. The van der Waals surface area contributed by atoms with Gasteiger partial charge in [0.25, 0.3) is 5.91 Å². The van der Waals surface area contributed by atoms with E-state index < -0.39 is 10.0 Å². The molecule has 0 aliphatic carbocycles. The summed E-state index contributed by atoms with van der Waals surface area (Å²) in [5.41, 5.74) is 1.43. The minimum Gasteiger partial charge on any atom is -0.486 e. The maximum Gasteiger partial charge on any atom is 0.251 e. The van der Waals surface area contributed by atoms with Crippen molar-refractivity contribution < 1.29 is 27.4 Å². The smallest absolute Gasteiger partial charge is 0.251 e. The van der Waals surface area contributed by atoms with E-state index in [1.807, 2.05) is 18.2 Å². The summed E-state index contributed by atoms with van der Waals surface area (Å²) in [6, 6.07) is 11.6. The monoisotopic (exact) mass is 446 g/mol. The molecule has 2 aliphatic heterocycles. The van der Waals surface area contributed by atoms with Gasteiger partial charge in [-0.25, -0.2) is 13.1 Å². The van der Waals surface area contributed by atoms with Crippen LogP contribution in [0.25, 0.3) is 0 Å². The molecule has 4 rings (SSSR count). The molecular weight excluding hydrogens is 420 g/mol. The van der Waals surface area contributed by atoms with Crippen LogP contribution in [0.4, 0.5) is 0 Å². The number of amides is 1. The van der Waals surface area contributed by atoms with E-state index in [9.17, 15) is 13.2 Å². The molecule has 2 aromatic rings. The van der Waals surface area contributed by atoms with Crippen molar-refractivity contribution in [1.29, 1.82) is 0 Å². The fraction of sp³-hybridized carbons (Fsp3) is 0.409. The Kier molecular flexibility index (Phi) is 6.74. The zero-order valence-electron chi connectivity index (χ0n) is 17.1. The minimum atomic E-state index is -3.63. The normalized spacial score (nSPS) is 18.0. The van der Waals surface area contributed by atoms with E-state index in [0.29, 0.717) is 38.3 Å². The van der Waals surface area contributed by atoms with Crippen LogP contribution in [0.3, 0.4) is 0 Å². The molecule has 0 spiro atoms. The Balaban J connectivity index is 1.28. The summed E-state index contributed by atoms with van der Waals surface area (Å²) in [6.07, 6.45) is 2.37. The molecular formula is C22H26N2O6S. The summed E-state index contributed by atoms with van der Waals surface area (Å²) in [7, 11) is -3.63. The second kappa shape index (κ2) is 9.67. The molecule has 2 aliphatic rings. The van der Waals surface area contributed by atoms with E-state index in [1.165, 1.54) is 24.3 Å². The zero-order chi connectivity index (χ0) is 21.7. The van der Waals surface area contributed by atoms with Crippen LogP contribution < -0.4 is 19.5 Å². The molecule has 166 valence electrons. The fourth-order valence-electron chi connectivity index (χ4n) is 3.54. The van der Waals surface area contributed by atoms with E-state index in [4.69, 9.17) is 14.2 Å². The summed E-state index contributed by atoms with van der Waals surface area (Å²) in [5.74, 6) is 1.20. The van der Waals surface area contributed by atoms with Gasteiger partial charge >= 0.3 is 0 Å². The fourth-order valence-corrected chi connectivity index (χ4v) is 4.61. The minimum absolute atomic E-state index is 0.0750. The summed E-state index contributed by atoms with van der Waals surface area (Å²) >= 11 is 0. The van der Waals surface area contributed by atoms with Crippen LogP contribution in [0.5, 0.6) is 11.5 Å². The molecule has 2 aromatic carbocycles. The summed E-state index contributed by atoms with van der Waals surface area (Å²) < 4.78 is 43.9. The highest BCUT2D eigenvalue weighted by molar-refractivity contribution is 7.89. The van der Waals surface area contributed by atoms with Gasteiger partial charge in [-0.1, -0.05) is 6.07 Å². The number of carbonyl (C=O) groups is 1. The number of nitrogens with one attached hydrogen (secondary N) is 2. The number of benzene rings is 2. The SMILES string of the molecule is O=C(NCCc1ccc2c(c1)OCCO2)c1ccc(S(=O)(=O)NCC2CCCO2)cc1. The number of fused-ring (bicyclic) bond motifs is 1. The van der Waals surface area contributed by atoms with E-state index in [-0.39, 0.29) is 23.5 Å². The maximum atomic E-state index is 12.4. The van der Waals surface area contributed by atoms with E-state index in [2.05, 4.69) is 10.0 Å². The topological polar surface area (TPSA) is 103 Å². The van der Waals surface area contributed by atoms with Crippen molar-refractivity contribution in [2.75, 3.05) is 32.9 Å². The number of ether oxygens (including phenoxy) is 3. The third-order valence-electron chi connectivity index (χ3n) is 5.26. The van der Waals surface area contributed by atoms with Crippen LogP contribution >= 0.6 is 0 Å². The third-order valence-corrected chi connectivity index (χ3v) is 6.70. The van der Waals surface area contributed by atoms with Gasteiger partial charge in [-0.3, -0.25) is 4.79 Å². The van der Waals surface area contributed by atoms with Gasteiger partial charge in [0, 0.05) is 25.3 Å². The molecule has 0 saturated carbocycles. The van der Waals surface area contributed by atoms with Crippen molar-refractivity contribution in [3.05, 3.63) is 53.6 Å². The number of carbonyl (C=O) groups excluding carboxylic acids is 1. The lowest BCUT2D eigenvalue weighted by Crippen LogP contribution is -2.32. The quantitative estimate of drug-likeness (QED) is 0.642. The van der Waals surface area contributed by atoms with Crippen molar-refractivity contribution in [1.82, 2.24) is 10.0 Å². The molecule has 2 heterocycles. The first-order valence-corrected chi connectivity index (χ1v) is 11.9. The Labute approximate surface area is 181 Å². The molecule has 0 bridgehead atoms. The second-order valence-corrected chi connectivity index (χ2v) is 9.26. The van der Waals surface area contributed by atoms with Crippen molar-refractivity contribution >= 4 is 15.9 Å². The van der Waals surface area contributed by atoms with Gasteiger partial charge in [0.05, 0.1) is 11.0 Å². The third kappa shape index (κ3) is 5.55. The number of rotatable bonds is 8. The van der Waals surface area contributed by atoms with Crippen molar-refractivity contribution in [2.45, 2.75) is 30.3 Å². The Morgan fingerprint density at radius 2 is 1.77 bits per heavy atom. The van der Waals surface area contributed by atoms with Crippen LogP contribution in [0.15, 0.2) is 47.4 Å². The lowest BCUT2D eigenvalue weighted by molar-refractivity contribution is 0.0954. The lowest BCUT2D eigenvalue weighted by Gasteiger charge is -2.18. The van der Waals surface area contributed by atoms with Crippen LogP contribution in [0, 0.1) is 0 Å². The standard InChI is InChI=1S/C22H26N2O6S/c25-22(23-10-9-16-3-8-20-21(14-16)30-13-12-29-20)17-4-6-19(7-5-17)31(26,27)24-15-18-2-1-11-28-18/h3-8,14,18,24H,1-2,9-13,15H2,(H,23,25). The molecule has 8 nitrogen and oxygen atoms in total. The van der Waals surface area contributed by atoms with Crippen LogP contribution in [0.1, 0.15) is 28.8 Å². The Bertz CT molecular complexity index is 1020. The number of hydrogen-bond donors (Lipinski definition) is 2. The van der Waals surface area contributed by atoms with E-state index in [0.717, 1.165) is 29.9 Å².